The first kappa shape index (κ1) is 21.4. The highest BCUT2D eigenvalue weighted by atomic mass is 16.5. The molecule has 158 valence electrons. The molecule has 0 radical (unpaired) electrons. The first-order valence-corrected chi connectivity index (χ1v) is 10.7. The van der Waals surface area contributed by atoms with Crippen molar-refractivity contribution >= 4 is 0 Å². The van der Waals surface area contributed by atoms with Gasteiger partial charge in [0.25, 0.3) is 0 Å². The molecular formula is C23H37NO4. The van der Waals surface area contributed by atoms with Gasteiger partial charge in [0, 0.05) is 19.1 Å². The molecule has 4 atom stereocenters. The van der Waals surface area contributed by atoms with E-state index in [0.717, 1.165) is 32.4 Å². The third-order valence-corrected chi connectivity index (χ3v) is 6.15. The fraction of sp³-hybridized carbons (Fsp3) is 0.739. The van der Waals surface area contributed by atoms with Gasteiger partial charge in [-0.25, -0.2) is 0 Å². The van der Waals surface area contributed by atoms with Crippen molar-refractivity contribution in [2.45, 2.75) is 71.6 Å². The molecule has 2 N–H and O–H groups in total. The first-order chi connectivity index (χ1) is 13.2. The van der Waals surface area contributed by atoms with Gasteiger partial charge in [-0.2, -0.15) is 0 Å². The van der Waals surface area contributed by atoms with Gasteiger partial charge in [-0.1, -0.05) is 27.7 Å². The molecule has 1 fully saturated rings. The minimum absolute atomic E-state index is 0.227. The van der Waals surface area contributed by atoms with Gasteiger partial charge in [0.05, 0.1) is 19.3 Å². The summed E-state index contributed by atoms with van der Waals surface area (Å²) in [7, 11) is 1.65. The molecule has 0 unspecified atom stereocenters. The molecule has 2 aliphatic rings. The van der Waals surface area contributed by atoms with Crippen LogP contribution in [0.4, 0.5) is 0 Å². The average Bonchev–Trinajstić information content (AvgIpc) is 2.64. The lowest BCUT2D eigenvalue weighted by Gasteiger charge is -2.47. The van der Waals surface area contributed by atoms with Crippen LogP contribution in [0.5, 0.6) is 11.5 Å². The van der Waals surface area contributed by atoms with E-state index in [1.807, 2.05) is 6.92 Å². The molecule has 1 saturated heterocycles. The average molecular weight is 392 g/mol. The summed E-state index contributed by atoms with van der Waals surface area (Å²) in [4.78, 5) is 2.53. The Hall–Kier alpha value is -1.30. The smallest absolute Gasteiger partial charge is 0.161 e. The summed E-state index contributed by atoms with van der Waals surface area (Å²) in [5.74, 6) is 1.73. The lowest BCUT2D eigenvalue weighted by molar-refractivity contribution is -0.0259. The number of fused-ring (bicyclic) bond motifs is 3. The Balaban J connectivity index is 1.80. The normalized spacial score (nSPS) is 26.3. The van der Waals surface area contributed by atoms with E-state index in [1.165, 1.54) is 11.1 Å². The van der Waals surface area contributed by atoms with Crippen molar-refractivity contribution in [1.82, 2.24) is 4.90 Å². The molecular weight excluding hydrogens is 354 g/mol. The van der Waals surface area contributed by atoms with Crippen LogP contribution in [-0.2, 0) is 6.42 Å². The number of aliphatic hydroxyl groups excluding tert-OH is 2. The summed E-state index contributed by atoms with van der Waals surface area (Å²) in [6, 6.07) is 4.39. The second kappa shape index (κ2) is 8.60. The number of ether oxygens (including phenoxy) is 2. The first-order valence-electron chi connectivity index (χ1n) is 10.7. The van der Waals surface area contributed by atoms with E-state index in [2.05, 4.69) is 37.8 Å². The van der Waals surface area contributed by atoms with Crippen LogP contribution in [0.3, 0.4) is 0 Å². The van der Waals surface area contributed by atoms with Crippen LogP contribution in [0.15, 0.2) is 12.1 Å². The van der Waals surface area contributed by atoms with Crippen LogP contribution >= 0.6 is 0 Å². The number of benzene rings is 1. The van der Waals surface area contributed by atoms with E-state index in [4.69, 9.17) is 9.47 Å². The number of hydrogen-bond donors (Lipinski definition) is 2. The predicted octanol–water partition coefficient (Wildman–Crippen LogP) is 3.56. The molecule has 1 aromatic carbocycles. The SMILES string of the molecule is CC[C@H](O)COc1cc2c(cc1OC)[C@H]1C[C@@H](O)[C@H](CC(C)(C)C)CN1CC2. The second-order valence-corrected chi connectivity index (χ2v) is 9.66. The maximum absolute atomic E-state index is 10.8. The molecule has 5 nitrogen and oxygen atoms in total. The Kier molecular flexibility index (Phi) is 6.58. The van der Waals surface area contributed by atoms with Crippen LogP contribution < -0.4 is 9.47 Å². The van der Waals surface area contributed by atoms with Gasteiger partial charge in [0.2, 0.25) is 0 Å². The fourth-order valence-corrected chi connectivity index (χ4v) is 4.66. The molecule has 2 aliphatic heterocycles. The Bertz CT molecular complexity index is 669. The fourth-order valence-electron chi connectivity index (χ4n) is 4.66. The number of hydrogen-bond acceptors (Lipinski definition) is 5. The van der Waals surface area contributed by atoms with Gasteiger partial charge in [-0.05, 0) is 60.3 Å². The highest BCUT2D eigenvalue weighted by molar-refractivity contribution is 5.49. The van der Waals surface area contributed by atoms with E-state index in [0.29, 0.717) is 23.8 Å². The van der Waals surface area contributed by atoms with Crippen molar-refractivity contribution in [3.63, 3.8) is 0 Å². The summed E-state index contributed by atoms with van der Waals surface area (Å²) < 4.78 is 11.4. The van der Waals surface area contributed by atoms with Gasteiger partial charge >= 0.3 is 0 Å². The summed E-state index contributed by atoms with van der Waals surface area (Å²) >= 11 is 0. The van der Waals surface area contributed by atoms with Crippen molar-refractivity contribution in [3.8, 4) is 11.5 Å². The largest absolute Gasteiger partial charge is 0.493 e. The zero-order chi connectivity index (χ0) is 20.5. The number of nitrogens with zero attached hydrogens (tertiary/aromatic N) is 1. The van der Waals surface area contributed by atoms with Gasteiger partial charge in [0.1, 0.15) is 6.61 Å². The van der Waals surface area contributed by atoms with Crippen molar-refractivity contribution < 1.29 is 19.7 Å². The maximum Gasteiger partial charge on any atom is 0.161 e. The molecule has 2 heterocycles. The number of methoxy groups -OCH3 is 1. The molecule has 0 aliphatic carbocycles. The Morgan fingerprint density at radius 2 is 2.00 bits per heavy atom. The zero-order valence-electron chi connectivity index (χ0n) is 18.1. The summed E-state index contributed by atoms with van der Waals surface area (Å²) in [5.41, 5.74) is 2.74. The van der Waals surface area contributed by atoms with Crippen LogP contribution in [-0.4, -0.2) is 54.1 Å². The Labute approximate surface area is 169 Å². The van der Waals surface area contributed by atoms with Crippen molar-refractivity contribution in [3.05, 3.63) is 23.3 Å². The third-order valence-electron chi connectivity index (χ3n) is 6.15. The zero-order valence-corrected chi connectivity index (χ0v) is 18.1. The van der Waals surface area contributed by atoms with Gasteiger partial charge < -0.3 is 19.7 Å². The molecule has 3 rings (SSSR count). The molecule has 1 aromatic rings. The Morgan fingerprint density at radius 3 is 2.64 bits per heavy atom. The van der Waals surface area contributed by atoms with E-state index < -0.39 is 6.10 Å². The van der Waals surface area contributed by atoms with Crippen LogP contribution in [0, 0.1) is 11.3 Å². The van der Waals surface area contributed by atoms with Gasteiger partial charge in [0.15, 0.2) is 11.5 Å². The van der Waals surface area contributed by atoms with Crippen molar-refractivity contribution in [1.29, 1.82) is 0 Å². The van der Waals surface area contributed by atoms with E-state index in [-0.39, 0.29) is 24.2 Å². The van der Waals surface area contributed by atoms with Gasteiger partial charge in [-0.3, -0.25) is 4.90 Å². The minimum Gasteiger partial charge on any atom is -0.493 e. The van der Waals surface area contributed by atoms with Crippen molar-refractivity contribution in [2.24, 2.45) is 11.3 Å². The maximum atomic E-state index is 10.8. The molecule has 0 amide bonds. The number of rotatable bonds is 6. The Morgan fingerprint density at radius 1 is 1.25 bits per heavy atom. The summed E-state index contributed by atoms with van der Waals surface area (Å²) in [6.45, 7) is 10.9. The van der Waals surface area contributed by atoms with Crippen molar-refractivity contribution in [2.75, 3.05) is 26.8 Å². The lowest BCUT2D eigenvalue weighted by Crippen LogP contribution is -2.48. The molecule has 28 heavy (non-hydrogen) atoms. The summed E-state index contributed by atoms with van der Waals surface area (Å²) in [5, 5.41) is 20.6. The van der Waals surface area contributed by atoms with E-state index >= 15 is 0 Å². The number of aliphatic hydroxyl groups is 2. The summed E-state index contributed by atoms with van der Waals surface area (Å²) in [6.07, 6.45) is 2.71. The highest BCUT2D eigenvalue weighted by Gasteiger charge is 2.39. The van der Waals surface area contributed by atoms with E-state index in [1.54, 1.807) is 7.11 Å². The molecule has 0 bridgehead atoms. The molecule has 0 aromatic heterocycles. The predicted molar refractivity (Wildman–Crippen MR) is 111 cm³/mol. The quantitative estimate of drug-likeness (QED) is 0.776. The third kappa shape index (κ3) is 4.81. The van der Waals surface area contributed by atoms with Crippen LogP contribution in [0.1, 0.15) is 64.1 Å². The lowest BCUT2D eigenvalue weighted by atomic mass is 9.75. The number of piperidine rings is 1. The highest BCUT2D eigenvalue weighted by Crippen LogP contribution is 2.44. The second-order valence-electron chi connectivity index (χ2n) is 9.66. The molecule has 0 saturated carbocycles. The van der Waals surface area contributed by atoms with Crippen LogP contribution in [0.2, 0.25) is 0 Å². The minimum atomic E-state index is -0.468. The van der Waals surface area contributed by atoms with E-state index in [9.17, 15) is 10.2 Å². The van der Waals surface area contributed by atoms with Gasteiger partial charge in [-0.15, -0.1) is 0 Å². The standard InChI is InChI=1S/C23H37NO4/c1-6-17(25)14-28-22-9-15-7-8-24-13-16(12-23(2,3)4)20(26)11-19(24)18(15)10-21(22)27-5/h9-10,16-17,19-20,25-26H,6-8,11-14H2,1-5H3/t16-,17+,19-,20-/m1/s1. The molecule has 5 heteroatoms. The monoisotopic (exact) mass is 391 g/mol. The van der Waals surface area contributed by atoms with Crippen LogP contribution in [0.25, 0.3) is 0 Å². The topological polar surface area (TPSA) is 62.2 Å². The molecule has 0 spiro atoms.